The fourth-order valence-electron chi connectivity index (χ4n) is 2.26. The normalized spacial score (nSPS) is 12.7. The second kappa shape index (κ2) is 8.73. The summed E-state index contributed by atoms with van der Waals surface area (Å²) < 4.78 is 11.6. The van der Waals surface area contributed by atoms with Crippen LogP contribution in [0.15, 0.2) is 42.5 Å². The number of ether oxygens (including phenoxy) is 2. The Balaban J connectivity index is 2.00. The summed E-state index contributed by atoms with van der Waals surface area (Å²) in [5.41, 5.74) is 0. The lowest BCUT2D eigenvalue weighted by molar-refractivity contribution is 0.00292. The first-order valence-corrected chi connectivity index (χ1v) is 7.77. The lowest BCUT2D eigenvalue weighted by Gasteiger charge is -2.20. The van der Waals surface area contributed by atoms with Gasteiger partial charge >= 0.3 is 0 Å². The number of hydrogen-bond acceptors (Lipinski definition) is 4. The van der Waals surface area contributed by atoms with Crippen LogP contribution < -0.4 is 10.1 Å². The Morgan fingerprint density at radius 3 is 2.64 bits per heavy atom. The molecule has 1 unspecified atom stereocenters. The van der Waals surface area contributed by atoms with Crippen LogP contribution in [0.2, 0.25) is 0 Å². The zero-order valence-electron chi connectivity index (χ0n) is 13.3. The van der Waals surface area contributed by atoms with E-state index in [0.29, 0.717) is 25.8 Å². The molecular formula is C18H25NO3. The van der Waals surface area contributed by atoms with Gasteiger partial charge in [0.1, 0.15) is 18.5 Å². The monoisotopic (exact) mass is 303 g/mol. The molecule has 22 heavy (non-hydrogen) atoms. The minimum atomic E-state index is -0.0893. The number of rotatable bonds is 9. The summed E-state index contributed by atoms with van der Waals surface area (Å²) in [5, 5.41) is 14.5. The summed E-state index contributed by atoms with van der Waals surface area (Å²) in [5.74, 6) is 0.861. The Morgan fingerprint density at radius 2 is 1.86 bits per heavy atom. The van der Waals surface area contributed by atoms with E-state index in [1.807, 2.05) is 24.3 Å². The minimum Gasteiger partial charge on any atom is -0.490 e. The molecule has 0 aromatic heterocycles. The van der Waals surface area contributed by atoms with Gasteiger partial charge in [-0.05, 0) is 11.5 Å². The third-order valence-electron chi connectivity index (χ3n) is 3.37. The van der Waals surface area contributed by atoms with Gasteiger partial charge in [0.25, 0.3) is 0 Å². The largest absolute Gasteiger partial charge is 0.490 e. The molecule has 0 aliphatic carbocycles. The quantitative estimate of drug-likeness (QED) is 0.747. The van der Waals surface area contributed by atoms with Crippen LogP contribution in [0.4, 0.5) is 0 Å². The molecule has 0 spiro atoms. The fourth-order valence-corrected chi connectivity index (χ4v) is 2.26. The van der Waals surface area contributed by atoms with Crippen LogP contribution in [0.25, 0.3) is 10.8 Å². The minimum absolute atomic E-state index is 0.0203. The molecule has 0 bridgehead atoms. The highest BCUT2D eigenvalue weighted by Crippen LogP contribution is 2.25. The van der Waals surface area contributed by atoms with Gasteiger partial charge in [-0.1, -0.05) is 50.2 Å². The first-order chi connectivity index (χ1) is 10.7. The molecule has 1 atom stereocenters. The summed E-state index contributed by atoms with van der Waals surface area (Å²) >= 11 is 0. The average Bonchev–Trinajstić information content (AvgIpc) is 2.54. The highest BCUT2D eigenvalue weighted by atomic mass is 16.5. The molecular weight excluding hydrogens is 278 g/mol. The summed E-state index contributed by atoms with van der Waals surface area (Å²) in [7, 11) is 0. The number of hydrogen-bond donors (Lipinski definition) is 2. The van der Waals surface area contributed by atoms with Gasteiger partial charge in [-0.3, -0.25) is 0 Å². The smallest absolute Gasteiger partial charge is 0.127 e. The second-order valence-corrected chi connectivity index (χ2v) is 5.57. The first kappa shape index (κ1) is 16.7. The van der Waals surface area contributed by atoms with E-state index in [4.69, 9.17) is 14.6 Å². The highest BCUT2D eigenvalue weighted by Gasteiger charge is 2.12. The van der Waals surface area contributed by atoms with E-state index in [9.17, 15) is 0 Å². The van der Waals surface area contributed by atoms with Crippen molar-refractivity contribution in [3.05, 3.63) is 42.5 Å². The topological polar surface area (TPSA) is 50.7 Å². The van der Waals surface area contributed by atoms with Crippen LogP contribution in [-0.4, -0.2) is 43.6 Å². The summed E-state index contributed by atoms with van der Waals surface area (Å²) in [6.07, 6.45) is -0.0893. The maximum absolute atomic E-state index is 8.93. The van der Waals surface area contributed by atoms with E-state index in [1.165, 1.54) is 0 Å². The van der Waals surface area contributed by atoms with Gasteiger partial charge in [-0.2, -0.15) is 0 Å². The van der Waals surface area contributed by atoms with Gasteiger partial charge in [0.15, 0.2) is 0 Å². The molecule has 2 aromatic carbocycles. The molecule has 4 nitrogen and oxygen atoms in total. The molecule has 0 aliphatic rings. The number of aliphatic hydroxyl groups excluding tert-OH is 1. The zero-order valence-corrected chi connectivity index (χ0v) is 13.3. The Kier molecular flexibility index (Phi) is 6.65. The highest BCUT2D eigenvalue weighted by molar-refractivity contribution is 5.88. The van der Waals surface area contributed by atoms with Crippen LogP contribution in [0, 0.1) is 0 Å². The average molecular weight is 303 g/mol. The van der Waals surface area contributed by atoms with Gasteiger partial charge in [0.2, 0.25) is 0 Å². The van der Waals surface area contributed by atoms with Crippen molar-refractivity contribution in [3.63, 3.8) is 0 Å². The molecule has 0 heterocycles. The lowest BCUT2D eigenvalue weighted by Crippen LogP contribution is -2.37. The Labute approximate surface area is 132 Å². The van der Waals surface area contributed by atoms with Crippen molar-refractivity contribution >= 4 is 10.8 Å². The van der Waals surface area contributed by atoms with Crippen LogP contribution in [0.5, 0.6) is 5.75 Å². The molecule has 0 fully saturated rings. The SMILES string of the molecule is CC(C)NCC(COc1cccc2ccccc12)OCCO. The van der Waals surface area contributed by atoms with Gasteiger partial charge in [0.05, 0.1) is 13.2 Å². The zero-order chi connectivity index (χ0) is 15.8. The molecule has 0 aliphatic heterocycles. The Bertz CT molecular complexity index is 566. The molecule has 0 amide bonds. The van der Waals surface area contributed by atoms with Crippen molar-refractivity contribution in [1.29, 1.82) is 0 Å². The molecule has 0 saturated carbocycles. The number of nitrogens with one attached hydrogen (secondary N) is 1. The van der Waals surface area contributed by atoms with Crippen LogP contribution in [0.1, 0.15) is 13.8 Å². The van der Waals surface area contributed by atoms with Crippen molar-refractivity contribution in [3.8, 4) is 5.75 Å². The fraction of sp³-hybridized carbons (Fsp3) is 0.444. The van der Waals surface area contributed by atoms with Crippen LogP contribution in [0.3, 0.4) is 0 Å². The Morgan fingerprint density at radius 1 is 1.09 bits per heavy atom. The van der Waals surface area contributed by atoms with E-state index in [-0.39, 0.29) is 12.7 Å². The first-order valence-electron chi connectivity index (χ1n) is 7.77. The third-order valence-corrected chi connectivity index (χ3v) is 3.37. The van der Waals surface area contributed by atoms with Crippen molar-refractivity contribution in [1.82, 2.24) is 5.32 Å². The van der Waals surface area contributed by atoms with E-state index in [2.05, 4.69) is 37.4 Å². The molecule has 0 saturated heterocycles. The Hall–Kier alpha value is -1.62. The maximum atomic E-state index is 8.93. The summed E-state index contributed by atoms with van der Waals surface area (Å²) in [6, 6.07) is 14.6. The second-order valence-electron chi connectivity index (χ2n) is 5.57. The molecule has 2 rings (SSSR count). The molecule has 2 N–H and O–H groups in total. The van der Waals surface area contributed by atoms with Crippen LogP contribution in [-0.2, 0) is 4.74 Å². The van der Waals surface area contributed by atoms with Crippen molar-refractivity contribution in [2.45, 2.75) is 26.0 Å². The van der Waals surface area contributed by atoms with Crippen molar-refractivity contribution in [2.24, 2.45) is 0 Å². The maximum Gasteiger partial charge on any atom is 0.127 e. The van der Waals surface area contributed by atoms with Gasteiger partial charge in [-0.25, -0.2) is 0 Å². The van der Waals surface area contributed by atoms with Crippen molar-refractivity contribution < 1.29 is 14.6 Å². The standard InChI is InChI=1S/C18H25NO3/c1-14(2)19-12-16(21-11-10-20)13-22-18-9-5-7-15-6-3-4-8-17(15)18/h3-9,14,16,19-20H,10-13H2,1-2H3. The number of aliphatic hydroxyl groups is 1. The van der Waals surface area contributed by atoms with E-state index < -0.39 is 0 Å². The number of fused-ring (bicyclic) bond motifs is 1. The van der Waals surface area contributed by atoms with E-state index >= 15 is 0 Å². The van der Waals surface area contributed by atoms with Gasteiger partial charge in [0, 0.05) is 18.0 Å². The van der Waals surface area contributed by atoms with E-state index in [0.717, 1.165) is 16.5 Å². The summed E-state index contributed by atoms with van der Waals surface area (Å²) in [6.45, 7) is 5.68. The molecule has 4 heteroatoms. The van der Waals surface area contributed by atoms with Gasteiger partial charge in [-0.15, -0.1) is 0 Å². The molecule has 2 aromatic rings. The molecule has 120 valence electrons. The van der Waals surface area contributed by atoms with Crippen LogP contribution >= 0.6 is 0 Å². The van der Waals surface area contributed by atoms with E-state index in [1.54, 1.807) is 0 Å². The lowest BCUT2D eigenvalue weighted by atomic mass is 10.1. The predicted molar refractivity (Wildman–Crippen MR) is 89.4 cm³/mol. The number of benzene rings is 2. The molecule has 0 radical (unpaired) electrons. The van der Waals surface area contributed by atoms with Gasteiger partial charge < -0.3 is 19.9 Å². The third kappa shape index (κ3) is 4.98. The predicted octanol–water partition coefficient (Wildman–Crippen LogP) is 2.59. The summed E-state index contributed by atoms with van der Waals surface area (Å²) in [4.78, 5) is 0. The van der Waals surface area contributed by atoms with Crippen molar-refractivity contribution in [2.75, 3.05) is 26.4 Å².